The number of halogens is 1. The van der Waals surface area contributed by atoms with E-state index in [0.717, 1.165) is 18.4 Å². The van der Waals surface area contributed by atoms with Crippen molar-refractivity contribution >= 4 is 23.8 Å². The van der Waals surface area contributed by atoms with Crippen LogP contribution in [0.1, 0.15) is 25.3 Å². The van der Waals surface area contributed by atoms with Gasteiger partial charge in [0.05, 0.1) is 6.61 Å². The highest BCUT2D eigenvalue weighted by Gasteiger charge is 1.99. The molecule has 0 unspecified atom stereocenters. The van der Waals surface area contributed by atoms with Gasteiger partial charge in [0.25, 0.3) is 0 Å². The van der Waals surface area contributed by atoms with Gasteiger partial charge in [-0.1, -0.05) is 37.1 Å². The van der Waals surface area contributed by atoms with Crippen LogP contribution in [0.3, 0.4) is 0 Å². The number of aliphatic imine (C=N–C) groups is 1. The lowest BCUT2D eigenvalue weighted by atomic mass is 10.2. The third kappa shape index (κ3) is 6.07. The van der Waals surface area contributed by atoms with Gasteiger partial charge in [0, 0.05) is 11.2 Å². The number of nitrogens with zero attached hydrogens (tertiary/aromatic N) is 1. The highest BCUT2D eigenvalue weighted by atomic mass is 35.5. The molecule has 0 fully saturated rings. The first kappa shape index (κ1) is 13.7. The summed E-state index contributed by atoms with van der Waals surface area (Å²) in [5.74, 6) is -0.288. The standard InChI is InChI=1S/C13H16ClNO2/c1-2-3-8-17-13(16)10-15-9-11-4-6-12(14)7-5-11/h4-7,9H,2-3,8,10H2,1H3. The Bertz CT molecular complexity index is 374. The summed E-state index contributed by atoms with van der Waals surface area (Å²) in [7, 11) is 0. The van der Waals surface area contributed by atoms with Gasteiger partial charge in [-0.05, 0) is 24.1 Å². The number of hydrogen-bond donors (Lipinski definition) is 0. The van der Waals surface area contributed by atoms with E-state index < -0.39 is 0 Å². The van der Waals surface area contributed by atoms with E-state index in [2.05, 4.69) is 4.99 Å². The molecular formula is C13H16ClNO2. The van der Waals surface area contributed by atoms with Crippen molar-refractivity contribution < 1.29 is 9.53 Å². The molecule has 0 aliphatic heterocycles. The fourth-order valence-electron chi connectivity index (χ4n) is 1.15. The molecule has 0 saturated heterocycles. The van der Waals surface area contributed by atoms with Crippen LogP contribution in [0.15, 0.2) is 29.3 Å². The largest absolute Gasteiger partial charge is 0.464 e. The van der Waals surface area contributed by atoms with Crippen LogP contribution in [0.2, 0.25) is 5.02 Å². The summed E-state index contributed by atoms with van der Waals surface area (Å²) in [6.07, 6.45) is 3.55. The normalized spacial score (nSPS) is 10.7. The number of rotatable bonds is 6. The minimum absolute atomic E-state index is 0.0618. The van der Waals surface area contributed by atoms with Crippen LogP contribution in [0.4, 0.5) is 0 Å². The Labute approximate surface area is 106 Å². The summed E-state index contributed by atoms with van der Waals surface area (Å²) in [5, 5.41) is 0.682. The van der Waals surface area contributed by atoms with Gasteiger partial charge in [-0.2, -0.15) is 0 Å². The Hall–Kier alpha value is -1.35. The molecule has 0 aliphatic rings. The van der Waals surface area contributed by atoms with Crippen molar-refractivity contribution in [3.63, 3.8) is 0 Å². The molecule has 0 atom stereocenters. The summed E-state index contributed by atoms with van der Waals surface area (Å²) in [6, 6.07) is 7.24. The third-order valence-electron chi connectivity index (χ3n) is 2.09. The monoisotopic (exact) mass is 253 g/mol. The molecule has 0 bridgehead atoms. The van der Waals surface area contributed by atoms with Crippen LogP contribution >= 0.6 is 11.6 Å². The SMILES string of the molecule is CCCCOC(=O)CN=Cc1ccc(Cl)cc1. The van der Waals surface area contributed by atoms with Crippen LogP contribution in [0.5, 0.6) is 0 Å². The molecule has 0 N–H and O–H groups in total. The van der Waals surface area contributed by atoms with E-state index in [1.807, 2.05) is 19.1 Å². The summed E-state index contributed by atoms with van der Waals surface area (Å²) in [5.41, 5.74) is 0.913. The zero-order chi connectivity index (χ0) is 12.5. The van der Waals surface area contributed by atoms with E-state index in [1.165, 1.54) is 0 Å². The van der Waals surface area contributed by atoms with Gasteiger partial charge in [-0.3, -0.25) is 9.79 Å². The number of ether oxygens (including phenoxy) is 1. The Morgan fingerprint density at radius 1 is 1.41 bits per heavy atom. The van der Waals surface area contributed by atoms with E-state index in [9.17, 15) is 4.79 Å². The first-order valence-electron chi connectivity index (χ1n) is 5.63. The van der Waals surface area contributed by atoms with Gasteiger partial charge < -0.3 is 4.74 Å². The predicted molar refractivity (Wildman–Crippen MR) is 69.8 cm³/mol. The minimum atomic E-state index is -0.288. The molecule has 0 aromatic heterocycles. The lowest BCUT2D eigenvalue weighted by Gasteiger charge is -2.00. The van der Waals surface area contributed by atoms with Gasteiger partial charge in [-0.15, -0.1) is 0 Å². The Kier molecular flexibility index (Phi) is 6.33. The molecule has 1 aromatic rings. The fraction of sp³-hybridized carbons (Fsp3) is 0.385. The second-order valence-electron chi connectivity index (χ2n) is 3.60. The van der Waals surface area contributed by atoms with Crippen LogP contribution < -0.4 is 0 Å². The summed E-state index contributed by atoms with van der Waals surface area (Å²) in [4.78, 5) is 15.2. The predicted octanol–water partition coefficient (Wildman–Crippen LogP) is 3.10. The molecule has 0 heterocycles. The number of benzene rings is 1. The van der Waals surface area contributed by atoms with Crippen molar-refractivity contribution in [1.29, 1.82) is 0 Å². The maximum absolute atomic E-state index is 11.2. The second-order valence-corrected chi connectivity index (χ2v) is 4.03. The van der Waals surface area contributed by atoms with Gasteiger partial charge in [-0.25, -0.2) is 0 Å². The zero-order valence-corrected chi connectivity index (χ0v) is 10.6. The van der Waals surface area contributed by atoms with Gasteiger partial charge in [0.15, 0.2) is 0 Å². The molecule has 92 valence electrons. The van der Waals surface area contributed by atoms with Crippen molar-refractivity contribution in [2.45, 2.75) is 19.8 Å². The first-order chi connectivity index (χ1) is 8.22. The van der Waals surface area contributed by atoms with Crippen molar-refractivity contribution in [3.05, 3.63) is 34.9 Å². The molecular weight excluding hydrogens is 238 g/mol. The summed E-state index contributed by atoms with van der Waals surface area (Å²) < 4.78 is 4.97. The minimum Gasteiger partial charge on any atom is -0.464 e. The third-order valence-corrected chi connectivity index (χ3v) is 2.34. The zero-order valence-electron chi connectivity index (χ0n) is 9.86. The maximum Gasteiger partial charge on any atom is 0.327 e. The molecule has 0 spiro atoms. The van der Waals surface area contributed by atoms with Crippen LogP contribution in [-0.4, -0.2) is 25.3 Å². The van der Waals surface area contributed by atoms with E-state index in [-0.39, 0.29) is 12.5 Å². The van der Waals surface area contributed by atoms with Crippen molar-refractivity contribution in [2.75, 3.05) is 13.2 Å². The Balaban J connectivity index is 2.29. The maximum atomic E-state index is 11.2. The molecule has 0 amide bonds. The fourth-order valence-corrected chi connectivity index (χ4v) is 1.28. The van der Waals surface area contributed by atoms with Crippen LogP contribution in [0, 0.1) is 0 Å². The first-order valence-corrected chi connectivity index (χ1v) is 6.01. The number of hydrogen-bond acceptors (Lipinski definition) is 3. The summed E-state index contributed by atoms with van der Waals surface area (Å²) >= 11 is 5.75. The Morgan fingerprint density at radius 3 is 2.76 bits per heavy atom. The lowest BCUT2D eigenvalue weighted by molar-refractivity contribution is -0.141. The van der Waals surface area contributed by atoms with E-state index in [1.54, 1.807) is 18.3 Å². The van der Waals surface area contributed by atoms with Crippen molar-refractivity contribution in [1.82, 2.24) is 0 Å². The van der Waals surface area contributed by atoms with Gasteiger partial charge in [0.1, 0.15) is 6.54 Å². The average Bonchev–Trinajstić information content (AvgIpc) is 2.32. The molecule has 0 radical (unpaired) electrons. The molecule has 17 heavy (non-hydrogen) atoms. The number of carbonyl (C=O) groups excluding carboxylic acids is 1. The van der Waals surface area contributed by atoms with E-state index in [4.69, 9.17) is 16.3 Å². The van der Waals surface area contributed by atoms with Crippen molar-refractivity contribution in [3.8, 4) is 0 Å². The number of carbonyl (C=O) groups is 1. The highest BCUT2D eigenvalue weighted by Crippen LogP contribution is 2.07. The quantitative estimate of drug-likeness (QED) is 0.444. The molecule has 3 nitrogen and oxygen atoms in total. The van der Waals surface area contributed by atoms with Crippen LogP contribution in [0.25, 0.3) is 0 Å². The van der Waals surface area contributed by atoms with Crippen molar-refractivity contribution in [2.24, 2.45) is 4.99 Å². The van der Waals surface area contributed by atoms with E-state index in [0.29, 0.717) is 11.6 Å². The number of esters is 1. The molecule has 1 aromatic carbocycles. The highest BCUT2D eigenvalue weighted by molar-refractivity contribution is 6.30. The van der Waals surface area contributed by atoms with Gasteiger partial charge in [0.2, 0.25) is 0 Å². The van der Waals surface area contributed by atoms with Crippen LogP contribution in [-0.2, 0) is 9.53 Å². The summed E-state index contributed by atoms with van der Waals surface area (Å²) in [6.45, 7) is 2.59. The second kappa shape index (κ2) is 7.85. The Morgan fingerprint density at radius 2 is 2.12 bits per heavy atom. The average molecular weight is 254 g/mol. The number of unbranched alkanes of at least 4 members (excludes halogenated alkanes) is 1. The molecule has 4 heteroatoms. The molecule has 1 rings (SSSR count). The smallest absolute Gasteiger partial charge is 0.327 e. The van der Waals surface area contributed by atoms with E-state index >= 15 is 0 Å². The molecule has 0 aliphatic carbocycles. The molecule has 0 saturated carbocycles. The van der Waals surface area contributed by atoms with Gasteiger partial charge >= 0.3 is 5.97 Å². The lowest BCUT2D eigenvalue weighted by Crippen LogP contribution is -2.09. The topological polar surface area (TPSA) is 38.7 Å².